The molecule has 4 heteroatoms. The van der Waals surface area contributed by atoms with Gasteiger partial charge in [0.15, 0.2) is 9.76 Å². The number of rotatable bonds is 13. The predicted molar refractivity (Wildman–Crippen MR) is 84.0 cm³/mol. The molecule has 0 saturated carbocycles. The highest BCUT2D eigenvalue weighted by Gasteiger charge is 2.15. The highest BCUT2D eigenvalue weighted by atomic mass is 28.2. The van der Waals surface area contributed by atoms with Gasteiger partial charge in [0.1, 0.15) is 0 Å². The molecule has 2 unspecified atom stereocenters. The zero-order valence-electron chi connectivity index (χ0n) is 13.6. The van der Waals surface area contributed by atoms with E-state index >= 15 is 0 Å². The van der Waals surface area contributed by atoms with Crippen LogP contribution in [0.5, 0.6) is 0 Å². The summed E-state index contributed by atoms with van der Waals surface area (Å²) in [6.07, 6.45) is 7.62. The van der Waals surface area contributed by atoms with Gasteiger partial charge in [-0.1, -0.05) is 46.5 Å². The fourth-order valence-electron chi connectivity index (χ4n) is 1.57. The fourth-order valence-corrected chi connectivity index (χ4v) is 2.64. The topological polar surface area (TPSA) is 27.7 Å². The van der Waals surface area contributed by atoms with Crippen molar-refractivity contribution < 1.29 is 13.9 Å². The molecule has 3 nitrogen and oxygen atoms in total. The number of ether oxygens (including phenoxy) is 2. The average Bonchev–Trinajstić information content (AvgIpc) is 2.41. The number of unbranched alkanes of at least 4 members (excludes halogenated alkanes) is 3. The molecule has 2 atom stereocenters. The second-order valence-electron chi connectivity index (χ2n) is 5.28. The van der Waals surface area contributed by atoms with E-state index in [-0.39, 0.29) is 12.2 Å². The van der Waals surface area contributed by atoms with E-state index in [4.69, 9.17) is 13.9 Å². The maximum Gasteiger partial charge on any atom is 0.262 e. The largest absolute Gasteiger partial charge is 0.379 e. The van der Waals surface area contributed by atoms with Crippen LogP contribution in [0.2, 0.25) is 6.04 Å². The molecule has 0 heterocycles. The van der Waals surface area contributed by atoms with Crippen molar-refractivity contribution in [3.63, 3.8) is 0 Å². The second-order valence-corrected chi connectivity index (χ2v) is 6.73. The molecule has 0 bridgehead atoms. The summed E-state index contributed by atoms with van der Waals surface area (Å²) in [6, 6.07) is 1.23. The molecule has 0 aliphatic heterocycles. The van der Waals surface area contributed by atoms with Gasteiger partial charge in [0.2, 0.25) is 0 Å². The van der Waals surface area contributed by atoms with Gasteiger partial charge in [0.05, 0.1) is 12.2 Å². The minimum atomic E-state index is -0.515. The summed E-state index contributed by atoms with van der Waals surface area (Å²) < 4.78 is 17.4. The van der Waals surface area contributed by atoms with E-state index in [9.17, 15) is 0 Å². The van der Waals surface area contributed by atoms with Crippen molar-refractivity contribution in [3.05, 3.63) is 0 Å². The van der Waals surface area contributed by atoms with Crippen molar-refractivity contribution >= 4 is 9.76 Å². The average molecular weight is 291 g/mol. The monoisotopic (exact) mass is 290 g/mol. The van der Waals surface area contributed by atoms with Gasteiger partial charge in [-0.15, -0.1) is 0 Å². The second kappa shape index (κ2) is 13.1. The van der Waals surface area contributed by atoms with E-state index in [1.165, 1.54) is 31.7 Å². The molecule has 0 N–H and O–H groups in total. The first-order valence-electron chi connectivity index (χ1n) is 8.06. The van der Waals surface area contributed by atoms with Crippen LogP contribution in [0.25, 0.3) is 0 Å². The first kappa shape index (κ1) is 19.1. The Balaban J connectivity index is 3.84. The van der Waals surface area contributed by atoms with Crippen LogP contribution in [0.4, 0.5) is 0 Å². The molecule has 0 radical (unpaired) electrons. The molecule has 0 aromatic rings. The van der Waals surface area contributed by atoms with Crippen molar-refractivity contribution in [2.45, 2.75) is 97.9 Å². The lowest BCUT2D eigenvalue weighted by Crippen LogP contribution is -2.30. The van der Waals surface area contributed by atoms with Crippen molar-refractivity contribution in [2.24, 2.45) is 0 Å². The maximum absolute atomic E-state index is 5.86. The molecule has 0 spiro atoms. The van der Waals surface area contributed by atoms with E-state index in [1.807, 2.05) is 0 Å². The van der Waals surface area contributed by atoms with Gasteiger partial charge < -0.3 is 13.9 Å². The van der Waals surface area contributed by atoms with E-state index < -0.39 is 16.2 Å². The van der Waals surface area contributed by atoms with Crippen LogP contribution in [0.15, 0.2) is 0 Å². The summed E-state index contributed by atoms with van der Waals surface area (Å²) in [4.78, 5) is 0. The standard InChI is InChI=1S/C15H34O3Si/c1-6-9-10-11-12-19-18-15(16-13(4)7-2)17-14(5)8-3/h13-15H,6-12,19H2,1-5H3. The molecule has 0 aliphatic carbocycles. The van der Waals surface area contributed by atoms with Crippen molar-refractivity contribution in [3.8, 4) is 0 Å². The van der Waals surface area contributed by atoms with Gasteiger partial charge in [-0.25, -0.2) is 0 Å². The minimum Gasteiger partial charge on any atom is -0.379 e. The Kier molecular flexibility index (Phi) is 13.2. The summed E-state index contributed by atoms with van der Waals surface area (Å²) >= 11 is 0. The van der Waals surface area contributed by atoms with E-state index in [0.29, 0.717) is 0 Å². The molecule has 0 aromatic heterocycles. The third-order valence-corrected chi connectivity index (χ3v) is 4.64. The molecule has 0 aromatic carbocycles. The molecule has 0 saturated heterocycles. The third-order valence-electron chi connectivity index (χ3n) is 3.34. The lowest BCUT2D eigenvalue weighted by molar-refractivity contribution is -0.280. The molecule has 0 fully saturated rings. The molecule has 0 aliphatic rings. The molecule has 19 heavy (non-hydrogen) atoms. The SMILES string of the molecule is CCCCCC[SiH2]OC(OC(C)CC)OC(C)CC. The van der Waals surface area contributed by atoms with Crippen LogP contribution >= 0.6 is 0 Å². The molecule has 0 rings (SSSR count). The lowest BCUT2D eigenvalue weighted by atomic mass is 10.2. The highest BCUT2D eigenvalue weighted by molar-refractivity contribution is 6.27. The summed E-state index contributed by atoms with van der Waals surface area (Å²) in [6.45, 7) is 10.2. The van der Waals surface area contributed by atoms with Gasteiger partial charge in [-0.2, -0.15) is 0 Å². The minimum absolute atomic E-state index is 0.197. The summed E-state index contributed by atoms with van der Waals surface area (Å²) in [5, 5.41) is 0. The molecule has 116 valence electrons. The Morgan fingerprint density at radius 2 is 1.42 bits per heavy atom. The molecule has 0 amide bonds. The summed E-state index contributed by atoms with van der Waals surface area (Å²) in [5.41, 5.74) is 0. The first-order valence-corrected chi connectivity index (χ1v) is 9.64. The van der Waals surface area contributed by atoms with Gasteiger partial charge in [0, 0.05) is 0 Å². The fraction of sp³-hybridized carbons (Fsp3) is 1.00. The Morgan fingerprint density at radius 3 is 1.89 bits per heavy atom. The van der Waals surface area contributed by atoms with Crippen LogP contribution in [0.3, 0.4) is 0 Å². The van der Waals surface area contributed by atoms with Gasteiger partial charge in [0.25, 0.3) is 6.48 Å². The van der Waals surface area contributed by atoms with Gasteiger partial charge in [-0.3, -0.25) is 0 Å². The van der Waals surface area contributed by atoms with Crippen LogP contribution in [0.1, 0.15) is 73.1 Å². The number of hydrogen-bond acceptors (Lipinski definition) is 3. The van der Waals surface area contributed by atoms with Gasteiger partial charge in [-0.05, 0) is 32.7 Å². The highest BCUT2D eigenvalue weighted by Crippen LogP contribution is 2.11. The molecular weight excluding hydrogens is 256 g/mol. The van der Waals surface area contributed by atoms with Crippen LogP contribution in [-0.4, -0.2) is 28.4 Å². The Bertz CT molecular complexity index is 178. The smallest absolute Gasteiger partial charge is 0.262 e. The Hall–Kier alpha value is 0.0969. The van der Waals surface area contributed by atoms with Crippen molar-refractivity contribution in [1.82, 2.24) is 0 Å². The zero-order chi connectivity index (χ0) is 14.5. The predicted octanol–water partition coefficient (Wildman–Crippen LogP) is 4.00. The van der Waals surface area contributed by atoms with Crippen molar-refractivity contribution in [2.75, 3.05) is 0 Å². The van der Waals surface area contributed by atoms with Gasteiger partial charge >= 0.3 is 0 Å². The Labute approximate surface area is 122 Å². The summed E-state index contributed by atoms with van der Waals surface area (Å²) in [7, 11) is -0.515. The normalized spacial score (nSPS) is 16.9. The summed E-state index contributed by atoms with van der Waals surface area (Å²) in [5.74, 6) is 0. The zero-order valence-corrected chi connectivity index (χ0v) is 15.0. The van der Waals surface area contributed by atoms with Crippen LogP contribution in [-0.2, 0) is 13.9 Å². The van der Waals surface area contributed by atoms with Crippen molar-refractivity contribution in [1.29, 1.82) is 0 Å². The number of hydrogen-bond donors (Lipinski definition) is 0. The van der Waals surface area contributed by atoms with Crippen LogP contribution in [0, 0.1) is 0 Å². The maximum atomic E-state index is 5.86. The van der Waals surface area contributed by atoms with E-state index in [1.54, 1.807) is 0 Å². The lowest BCUT2D eigenvalue weighted by Gasteiger charge is -2.25. The van der Waals surface area contributed by atoms with E-state index in [0.717, 1.165) is 12.8 Å². The Morgan fingerprint density at radius 1 is 0.842 bits per heavy atom. The first-order chi connectivity index (χ1) is 9.13. The molecular formula is C15H34O3Si. The third kappa shape index (κ3) is 11.6. The van der Waals surface area contributed by atoms with Crippen LogP contribution < -0.4 is 0 Å². The quantitative estimate of drug-likeness (QED) is 0.291. The van der Waals surface area contributed by atoms with E-state index in [2.05, 4.69) is 34.6 Å².